The number of aliphatic hydroxyl groups is 1. The normalized spacial score (nSPS) is 15.8. The molecule has 0 unspecified atom stereocenters. The number of carbonyl (C=O) groups is 1. The zero-order valence-electron chi connectivity index (χ0n) is 19.6. The van der Waals surface area contributed by atoms with E-state index >= 15 is 0 Å². The third kappa shape index (κ3) is 4.54. The van der Waals surface area contributed by atoms with E-state index in [1.54, 1.807) is 22.5 Å². The maximum Gasteiger partial charge on any atom is 0.433 e. The average Bonchev–Trinajstić information content (AvgIpc) is 3.58. The number of hydrogen-bond donors (Lipinski definition) is 2. The van der Waals surface area contributed by atoms with Crippen molar-refractivity contribution in [2.24, 2.45) is 5.73 Å². The summed E-state index contributed by atoms with van der Waals surface area (Å²) < 4.78 is 50.8. The van der Waals surface area contributed by atoms with Gasteiger partial charge in [-0.05, 0) is 24.3 Å². The Hall–Kier alpha value is -3.55. The number of carbonyl (C=O) groups excluding carboxylic acids is 1. The SMILES string of the molecule is COc1ccc(-c2nc(C(=O)N3CCC(O)(c4nccs4)CC3)c(CN)o2)c2ccc(C(F)(F)F)nc12. The Morgan fingerprint density at radius 1 is 1.24 bits per heavy atom. The fraction of sp³-hybridized carbons (Fsp3) is 0.333. The Morgan fingerprint density at radius 3 is 2.62 bits per heavy atom. The van der Waals surface area contributed by atoms with Crippen LogP contribution in [0, 0.1) is 0 Å². The van der Waals surface area contributed by atoms with Crippen molar-refractivity contribution in [1.29, 1.82) is 0 Å². The number of nitrogens with zero attached hydrogens (tertiary/aromatic N) is 4. The number of benzene rings is 1. The molecule has 1 amide bonds. The van der Waals surface area contributed by atoms with Crippen LogP contribution in [-0.4, -0.2) is 51.1 Å². The van der Waals surface area contributed by atoms with Crippen LogP contribution in [0.15, 0.2) is 40.3 Å². The number of thiazole rings is 1. The number of halogens is 3. The number of fused-ring (bicyclic) bond motifs is 1. The van der Waals surface area contributed by atoms with E-state index < -0.39 is 23.4 Å². The molecular weight excluding hydrogens is 511 g/mol. The second kappa shape index (κ2) is 9.39. The van der Waals surface area contributed by atoms with E-state index in [0.717, 1.165) is 6.07 Å². The standard InChI is InChI=1S/C24H22F3N5O4S/c1-35-15-4-2-14(13-3-5-17(24(25,26)27)30-18(13)15)20-31-19(16(12-28)36-20)21(33)32-9-6-23(34,7-10-32)22-29-8-11-37-22/h2-5,8,11,34H,6-7,9-10,12,28H2,1H3. The second-order valence-electron chi connectivity index (χ2n) is 8.56. The number of piperidine rings is 1. The molecule has 9 nitrogen and oxygen atoms in total. The van der Waals surface area contributed by atoms with Crippen LogP contribution in [0.5, 0.6) is 5.75 Å². The van der Waals surface area contributed by atoms with Gasteiger partial charge in [0.2, 0.25) is 5.89 Å². The molecule has 1 saturated heterocycles. The van der Waals surface area contributed by atoms with Gasteiger partial charge in [0, 0.05) is 48.5 Å². The molecule has 4 heterocycles. The molecule has 0 aliphatic carbocycles. The number of oxazole rings is 1. The highest BCUT2D eigenvalue weighted by atomic mass is 32.1. The fourth-order valence-electron chi connectivity index (χ4n) is 4.37. The maximum absolute atomic E-state index is 13.3. The van der Waals surface area contributed by atoms with Gasteiger partial charge >= 0.3 is 6.18 Å². The quantitative estimate of drug-likeness (QED) is 0.395. The van der Waals surface area contributed by atoms with Crippen LogP contribution in [0.4, 0.5) is 13.2 Å². The van der Waals surface area contributed by atoms with Crippen LogP contribution in [0.3, 0.4) is 0 Å². The molecule has 0 saturated carbocycles. The lowest BCUT2D eigenvalue weighted by molar-refractivity contribution is -0.140. The highest BCUT2D eigenvalue weighted by molar-refractivity contribution is 7.09. The minimum atomic E-state index is -4.63. The number of nitrogens with two attached hydrogens (primary N) is 1. The van der Waals surface area contributed by atoms with E-state index in [1.807, 2.05) is 0 Å². The van der Waals surface area contributed by atoms with E-state index in [9.17, 15) is 23.1 Å². The number of hydrogen-bond acceptors (Lipinski definition) is 9. The average molecular weight is 534 g/mol. The van der Waals surface area contributed by atoms with Gasteiger partial charge in [0.25, 0.3) is 5.91 Å². The summed E-state index contributed by atoms with van der Waals surface area (Å²) in [6.07, 6.45) is -2.39. The van der Waals surface area contributed by atoms with Gasteiger partial charge < -0.3 is 24.9 Å². The van der Waals surface area contributed by atoms with E-state index in [-0.39, 0.29) is 48.2 Å². The molecule has 13 heteroatoms. The number of amides is 1. The lowest BCUT2D eigenvalue weighted by atomic mass is 9.92. The smallest absolute Gasteiger partial charge is 0.433 e. The lowest BCUT2D eigenvalue weighted by Crippen LogP contribution is -2.45. The summed E-state index contributed by atoms with van der Waals surface area (Å²) in [5.74, 6) is -0.0985. The first-order chi connectivity index (χ1) is 17.6. The number of rotatable bonds is 5. The third-order valence-electron chi connectivity index (χ3n) is 6.35. The third-order valence-corrected chi connectivity index (χ3v) is 7.32. The number of pyridine rings is 1. The number of methoxy groups -OCH3 is 1. The predicted molar refractivity (Wildman–Crippen MR) is 128 cm³/mol. The molecular formula is C24H22F3N5O4S. The van der Waals surface area contributed by atoms with Crippen molar-refractivity contribution in [2.45, 2.75) is 31.2 Å². The largest absolute Gasteiger partial charge is 0.494 e. The monoisotopic (exact) mass is 533 g/mol. The van der Waals surface area contributed by atoms with Crippen LogP contribution in [0.2, 0.25) is 0 Å². The summed E-state index contributed by atoms with van der Waals surface area (Å²) in [7, 11) is 1.33. The van der Waals surface area contributed by atoms with Gasteiger partial charge in [0.15, 0.2) is 11.5 Å². The summed E-state index contributed by atoms with van der Waals surface area (Å²) in [6.45, 7) is 0.434. The molecule has 1 aliphatic rings. The number of alkyl halides is 3. The highest BCUT2D eigenvalue weighted by Gasteiger charge is 2.39. The van der Waals surface area contributed by atoms with Crippen LogP contribution in [0.25, 0.3) is 22.4 Å². The van der Waals surface area contributed by atoms with E-state index in [0.29, 0.717) is 28.8 Å². The number of ether oxygens (including phenoxy) is 1. The van der Waals surface area contributed by atoms with Crippen molar-refractivity contribution in [3.63, 3.8) is 0 Å². The van der Waals surface area contributed by atoms with Crippen molar-refractivity contribution in [3.05, 3.63) is 58.0 Å². The number of likely N-dealkylation sites (tertiary alicyclic amines) is 1. The molecule has 0 spiro atoms. The predicted octanol–water partition coefficient (Wildman–Crippen LogP) is 3.96. The van der Waals surface area contributed by atoms with E-state index in [1.165, 1.54) is 30.6 Å². The first-order valence-corrected chi connectivity index (χ1v) is 12.2. The van der Waals surface area contributed by atoms with Crippen molar-refractivity contribution in [2.75, 3.05) is 20.2 Å². The summed E-state index contributed by atoms with van der Waals surface area (Å²) in [5, 5.41) is 13.6. The molecule has 194 valence electrons. The van der Waals surface area contributed by atoms with E-state index in [4.69, 9.17) is 14.9 Å². The van der Waals surface area contributed by atoms with Gasteiger partial charge in [-0.25, -0.2) is 15.0 Å². The molecule has 1 aromatic carbocycles. The Balaban J connectivity index is 1.47. The molecule has 0 radical (unpaired) electrons. The molecule has 37 heavy (non-hydrogen) atoms. The van der Waals surface area contributed by atoms with Gasteiger partial charge in [-0.15, -0.1) is 11.3 Å². The van der Waals surface area contributed by atoms with Crippen molar-refractivity contribution in [3.8, 4) is 17.2 Å². The van der Waals surface area contributed by atoms with Gasteiger partial charge in [-0.2, -0.15) is 13.2 Å². The zero-order valence-corrected chi connectivity index (χ0v) is 20.4. The lowest BCUT2D eigenvalue weighted by Gasteiger charge is -2.36. The molecule has 0 atom stereocenters. The minimum absolute atomic E-state index is 0.0148. The Labute approximate surface area is 212 Å². The van der Waals surface area contributed by atoms with Gasteiger partial charge in [0.05, 0.1) is 13.7 Å². The Kier molecular flexibility index (Phi) is 6.38. The first kappa shape index (κ1) is 25.1. The molecule has 1 fully saturated rings. The van der Waals surface area contributed by atoms with Crippen LogP contribution >= 0.6 is 11.3 Å². The van der Waals surface area contributed by atoms with Crippen molar-refractivity contribution < 1.29 is 32.2 Å². The van der Waals surface area contributed by atoms with Gasteiger partial charge in [0.1, 0.15) is 27.6 Å². The molecule has 3 N–H and O–H groups in total. The van der Waals surface area contributed by atoms with Crippen LogP contribution < -0.4 is 10.5 Å². The molecule has 5 rings (SSSR count). The summed E-state index contributed by atoms with van der Waals surface area (Å²) in [6, 6.07) is 5.16. The summed E-state index contributed by atoms with van der Waals surface area (Å²) in [5.41, 5.74) is 4.00. The van der Waals surface area contributed by atoms with Gasteiger partial charge in [-0.3, -0.25) is 4.79 Å². The molecule has 0 bridgehead atoms. The molecule has 4 aromatic rings. The fourth-order valence-corrected chi connectivity index (χ4v) is 5.17. The minimum Gasteiger partial charge on any atom is -0.494 e. The van der Waals surface area contributed by atoms with Crippen molar-refractivity contribution in [1.82, 2.24) is 19.9 Å². The second-order valence-corrected chi connectivity index (χ2v) is 9.46. The zero-order chi connectivity index (χ0) is 26.4. The highest BCUT2D eigenvalue weighted by Crippen LogP contribution is 2.38. The van der Waals surface area contributed by atoms with Gasteiger partial charge in [-0.1, -0.05) is 0 Å². The topological polar surface area (TPSA) is 128 Å². The van der Waals surface area contributed by atoms with E-state index in [2.05, 4.69) is 15.0 Å². The summed E-state index contributed by atoms with van der Waals surface area (Å²) in [4.78, 5) is 27.2. The summed E-state index contributed by atoms with van der Waals surface area (Å²) >= 11 is 1.36. The maximum atomic E-state index is 13.3. The van der Waals surface area contributed by atoms with Crippen LogP contribution in [-0.2, 0) is 18.3 Å². The number of aromatic nitrogens is 3. The first-order valence-electron chi connectivity index (χ1n) is 11.3. The van der Waals surface area contributed by atoms with Crippen LogP contribution in [0.1, 0.15) is 39.8 Å². The molecule has 3 aromatic heterocycles. The Morgan fingerprint density at radius 2 is 2.00 bits per heavy atom. The molecule has 1 aliphatic heterocycles. The van der Waals surface area contributed by atoms with Crippen molar-refractivity contribution >= 4 is 28.1 Å². The Bertz CT molecular complexity index is 1450.